The molecule has 0 unspecified atom stereocenters. The third-order valence-corrected chi connectivity index (χ3v) is 4.94. The second-order valence-electron chi connectivity index (χ2n) is 8.91. The molecule has 9 heteroatoms. The number of carbonyl (C=O) groups is 2. The van der Waals surface area contributed by atoms with Crippen molar-refractivity contribution in [2.24, 2.45) is 0 Å². The van der Waals surface area contributed by atoms with Crippen molar-refractivity contribution >= 4 is 47.3 Å². The summed E-state index contributed by atoms with van der Waals surface area (Å²) >= 11 is 3.31. The Hall–Kier alpha value is -1.48. The fourth-order valence-electron chi connectivity index (χ4n) is 1.89. The van der Waals surface area contributed by atoms with Crippen LogP contribution in [-0.2, 0) is 9.47 Å². The smallest absolute Gasteiger partial charge is 0.425 e. The van der Waals surface area contributed by atoms with E-state index in [2.05, 4.69) is 45.5 Å². The van der Waals surface area contributed by atoms with Gasteiger partial charge in [0.25, 0.3) is 0 Å². The van der Waals surface area contributed by atoms with Gasteiger partial charge in [0, 0.05) is 0 Å². The molecule has 0 aliphatic carbocycles. The number of nitrogens with zero attached hydrogens (tertiary/aromatic N) is 3. The van der Waals surface area contributed by atoms with Gasteiger partial charge in [0.05, 0.1) is 11.5 Å². The van der Waals surface area contributed by atoms with E-state index in [1.54, 1.807) is 41.5 Å². The molecule has 1 rings (SSSR count). The molecular formula is C17H28BrN3O4Si. The number of anilines is 1. The van der Waals surface area contributed by atoms with E-state index in [4.69, 9.17) is 9.47 Å². The summed E-state index contributed by atoms with van der Waals surface area (Å²) in [6.07, 6.45) is -0.244. The molecule has 2 amide bonds. The fourth-order valence-corrected chi connectivity index (χ4v) is 3.64. The lowest BCUT2D eigenvalue weighted by Gasteiger charge is -2.30. The predicted molar refractivity (Wildman–Crippen MR) is 108 cm³/mol. The molecule has 0 aliphatic rings. The molecule has 0 atom stereocenters. The normalized spacial score (nSPS) is 12.5. The maximum atomic E-state index is 12.8. The zero-order valence-corrected chi connectivity index (χ0v) is 19.5. The van der Waals surface area contributed by atoms with Gasteiger partial charge in [-0.2, -0.15) is 4.90 Å². The van der Waals surface area contributed by atoms with E-state index < -0.39 is 31.5 Å². The summed E-state index contributed by atoms with van der Waals surface area (Å²) in [7, 11) is -2.04. The quantitative estimate of drug-likeness (QED) is 0.624. The van der Waals surface area contributed by atoms with Gasteiger partial charge in [-0.15, -0.1) is 0 Å². The van der Waals surface area contributed by atoms with Gasteiger partial charge in [-0.25, -0.2) is 19.6 Å². The summed E-state index contributed by atoms with van der Waals surface area (Å²) in [5.41, 5.74) is -1.56. The number of aromatic nitrogens is 2. The number of halogens is 1. The van der Waals surface area contributed by atoms with Crippen molar-refractivity contribution in [3.05, 3.63) is 10.8 Å². The molecule has 26 heavy (non-hydrogen) atoms. The lowest BCUT2D eigenvalue weighted by molar-refractivity contribution is 0.0429. The van der Waals surface area contributed by atoms with Gasteiger partial charge in [-0.3, -0.25) is 0 Å². The number of amides is 2. The van der Waals surface area contributed by atoms with E-state index in [1.165, 1.54) is 6.20 Å². The van der Waals surface area contributed by atoms with Crippen molar-refractivity contribution < 1.29 is 19.1 Å². The van der Waals surface area contributed by atoms with Crippen LogP contribution in [0.5, 0.6) is 0 Å². The molecule has 0 saturated carbocycles. The third-order valence-electron chi connectivity index (χ3n) is 2.80. The van der Waals surface area contributed by atoms with E-state index in [1.807, 2.05) is 0 Å². The summed E-state index contributed by atoms with van der Waals surface area (Å²) in [5, 5.41) is 0.601. The van der Waals surface area contributed by atoms with E-state index in [0.29, 0.717) is 9.92 Å². The minimum absolute atomic E-state index is 0.149. The molecule has 0 spiro atoms. The number of hydrogen-bond donors (Lipinski definition) is 0. The van der Waals surface area contributed by atoms with E-state index >= 15 is 0 Å². The highest BCUT2D eigenvalue weighted by Crippen LogP contribution is 2.21. The molecule has 1 aromatic heterocycles. The molecule has 0 fully saturated rings. The Labute approximate surface area is 164 Å². The third kappa shape index (κ3) is 6.68. The molecule has 1 aromatic rings. The van der Waals surface area contributed by atoms with E-state index in [-0.39, 0.29) is 5.82 Å². The van der Waals surface area contributed by atoms with Gasteiger partial charge in [-0.05, 0) is 57.5 Å². The van der Waals surface area contributed by atoms with Gasteiger partial charge in [0.15, 0.2) is 5.82 Å². The number of carbonyl (C=O) groups excluding carboxylic acids is 2. The first-order chi connectivity index (χ1) is 11.5. The van der Waals surface area contributed by atoms with Crippen LogP contribution in [0.3, 0.4) is 0 Å². The molecule has 0 saturated heterocycles. The van der Waals surface area contributed by atoms with Gasteiger partial charge in [-0.1, -0.05) is 19.6 Å². The first kappa shape index (κ1) is 22.6. The molecule has 146 valence electrons. The zero-order chi connectivity index (χ0) is 20.5. The maximum Gasteiger partial charge on any atom is 0.425 e. The van der Waals surface area contributed by atoms with E-state index in [9.17, 15) is 9.59 Å². The van der Waals surface area contributed by atoms with Crippen LogP contribution in [0.15, 0.2) is 10.8 Å². The fraction of sp³-hybridized carbons (Fsp3) is 0.647. The molecule has 0 aromatic carbocycles. The summed E-state index contributed by atoms with van der Waals surface area (Å²) in [6, 6.07) is 0. The average molecular weight is 446 g/mol. The Kier molecular flexibility index (Phi) is 6.62. The molecule has 0 radical (unpaired) electrons. The van der Waals surface area contributed by atoms with Crippen LogP contribution in [0.1, 0.15) is 41.5 Å². The number of rotatable bonds is 2. The van der Waals surface area contributed by atoms with Crippen LogP contribution in [-0.4, -0.2) is 41.4 Å². The predicted octanol–water partition coefficient (Wildman–Crippen LogP) is 4.46. The number of imide groups is 1. The second-order valence-corrected chi connectivity index (χ2v) is 14.7. The second kappa shape index (κ2) is 7.64. The number of hydrogen-bond acceptors (Lipinski definition) is 6. The summed E-state index contributed by atoms with van der Waals surface area (Å²) in [6.45, 7) is 16.5. The lowest BCUT2D eigenvalue weighted by atomic mass is 10.2. The van der Waals surface area contributed by atoms with Crippen LogP contribution < -0.4 is 10.2 Å². The van der Waals surface area contributed by atoms with Crippen LogP contribution >= 0.6 is 15.9 Å². The van der Waals surface area contributed by atoms with Gasteiger partial charge < -0.3 is 9.47 Å². The van der Waals surface area contributed by atoms with Crippen molar-refractivity contribution in [3.8, 4) is 0 Å². The molecular weight excluding hydrogens is 418 g/mol. The average Bonchev–Trinajstić information content (AvgIpc) is 2.35. The highest BCUT2D eigenvalue weighted by molar-refractivity contribution is 9.10. The monoisotopic (exact) mass is 445 g/mol. The summed E-state index contributed by atoms with van der Waals surface area (Å²) < 4.78 is 11.4. The summed E-state index contributed by atoms with van der Waals surface area (Å²) in [5.74, 6) is 0.149. The van der Waals surface area contributed by atoms with Crippen molar-refractivity contribution in [3.63, 3.8) is 0 Å². The minimum Gasteiger partial charge on any atom is -0.443 e. The van der Waals surface area contributed by atoms with Gasteiger partial charge >= 0.3 is 12.2 Å². The highest BCUT2D eigenvalue weighted by Gasteiger charge is 2.38. The van der Waals surface area contributed by atoms with Crippen molar-refractivity contribution in [2.45, 2.75) is 72.4 Å². The van der Waals surface area contributed by atoms with Crippen LogP contribution in [0.25, 0.3) is 0 Å². The Bertz CT molecular complexity index is 663. The maximum absolute atomic E-state index is 12.8. The van der Waals surface area contributed by atoms with Crippen molar-refractivity contribution in [1.29, 1.82) is 0 Å². The molecule has 0 N–H and O–H groups in total. The van der Waals surface area contributed by atoms with Crippen molar-refractivity contribution in [1.82, 2.24) is 9.97 Å². The van der Waals surface area contributed by atoms with Gasteiger partial charge in [0.2, 0.25) is 0 Å². The van der Waals surface area contributed by atoms with Crippen LogP contribution in [0.4, 0.5) is 15.4 Å². The molecule has 7 nitrogen and oxygen atoms in total. The lowest BCUT2D eigenvalue weighted by Crippen LogP contribution is -2.51. The molecule has 0 aliphatic heterocycles. The standard InChI is InChI=1S/C17H28BrN3O4Si/c1-16(2,3)24-14(22)21(15(23)25-17(4,5)6)12-13(26(7,8)9)20-11(18)10-19-12/h10H,1-9H3. The van der Waals surface area contributed by atoms with E-state index in [0.717, 1.165) is 4.90 Å². The first-order valence-electron chi connectivity index (χ1n) is 8.30. The van der Waals surface area contributed by atoms with Crippen molar-refractivity contribution in [2.75, 3.05) is 4.90 Å². The molecule has 0 bridgehead atoms. The number of ether oxygens (including phenoxy) is 2. The Morgan fingerprint density at radius 1 is 1.00 bits per heavy atom. The van der Waals surface area contributed by atoms with Crippen LogP contribution in [0.2, 0.25) is 19.6 Å². The van der Waals surface area contributed by atoms with Gasteiger partial charge in [0.1, 0.15) is 23.9 Å². The Balaban J connectivity index is 3.51. The highest BCUT2D eigenvalue weighted by atomic mass is 79.9. The Morgan fingerprint density at radius 2 is 1.42 bits per heavy atom. The topological polar surface area (TPSA) is 81.6 Å². The summed E-state index contributed by atoms with van der Waals surface area (Å²) in [4.78, 5) is 35.2. The Morgan fingerprint density at radius 3 is 1.77 bits per heavy atom. The van der Waals surface area contributed by atoms with Crippen LogP contribution in [0, 0.1) is 0 Å². The SMILES string of the molecule is CC(C)(C)OC(=O)N(C(=O)OC(C)(C)C)c1ncc(Br)nc1[Si](C)(C)C. The largest absolute Gasteiger partial charge is 0.443 e. The minimum atomic E-state index is -2.04. The molecule has 1 heterocycles. The zero-order valence-electron chi connectivity index (χ0n) is 16.9. The first-order valence-corrected chi connectivity index (χ1v) is 12.6.